The number of carbonyl (C=O) groups is 1. The first-order valence-corrected chi connectivity index (χ1v) is 9.34. The monoisotopic (exact) mass is 396 g/mol. The number of aryl methyl sites for hydroxylation is 1. The van der Waals surface area contributed by atoms with Crippen molar-refractivity contribution in [2.75, 3.05) is 6.54 Å². The standard InChI is InChI=1S/C22H18ClFN2O2/c1-13-8-9-19(25-11-13)16-5-2-4-14-10-15(28-21(14)16)12-26-22(27)17-6-3-7-18(23)20(17)24/h2-9,11,15H,10,12H2,1H3,(H,26,27). The highest BCUT2D eigenvalue weighted by Crippen LogP contribution is 2.37. The topological polar surface area (TPSA) is 51.2 Å². The van der Waals surface area contributed by atoms with E-state index in [0.717, 1.165) is 28.1 Å². The summed E-state index contributed by atoms with van der Waals surface area (Å²) in [4.78, 5) is 16.8. The Morgan fingerprint density at radius 2 is 2.07 bits per heavy atom. The van der Waals surface area contributed by atoms with Crippen LogP contribution in [0.15, 0.2) is 54.7 Å². The molecule has 2 aromatic carbocycles. The Balaban J connectivity index is 1.47. The predicted molar refractivity (Wildman–Crippen MR) is 106 cm³/mol. The fourth-order valence-corrected chi connectivity index (χ4v) is 3.44. The number of fused-ring (bicyclic) bond motifs is 1. The molecule has 0 saturated heterocycles. The van der Waals surface area contributed by atoms with Crippen LogP contribution in [-0.4, -0.2) is 23.5 Å². The summed E-state index contributed by atoms with van der Waals surface area (Å²) >= 11 is 5.75. The van der Waals surface area contributed by atoms with Crippen molar-refractivity contribution in [2.45, 2.75) is 19.4 Å². The van der Waals surface area contributed by atoms with Crippen LogP contribution in [0.5, 0.6) is 5.75 Å². The lowest BCUT2D eigenvalue weighted by Crippen LogP contribution is -2.34. The van der Waals surface area contributed by atoms with Crippen LogP contribution in [0.3, 0.4) is 0 Å². The molecule has 1 unspecified atom stereocenters. The van der Waals surface area contributed by atoms with E-state index < -0.39 is 11.7 Å². The lowest BCUT2D eigenvalue weighted by molar-refractivity contribution is 0.0929. The van der Waals surface area contributed by atoms with Crippen molar-refractivity contribution in [2.24, 2.45) is 0 Å². The van der Waals surface area contributed by atoms with Crippen molar-refractivity contribution >= 4 is 17.5 Å². The van der Waals surface area contributed by atoms with E-state index in [9.17, 15) is 9.18 Å². The van der Waals surface area contributed by atoms with E-state index in [-0.39, 0.29) is 23.2 Å². The van der Waals surface area contributed by atoms with E-state index in [1.807, 2.05) is 43.5 Å². The normalized spacial score (nSPS) is 15.0. The molecule has 28 heavy (non-hydrogen) atoms. The molecule has 0 saturated carbocycles. The van der Waals surface area contributed by atoms with Gasteiger partial charge in [-0.3, -0.25) is 9.78 Å². The second-order valence-electron chi connectivity index (χ2n) is 6.77. The highest BCUT2D eigenvalue weighted by molar-refractivity contribution is 6.31. The van der Waals surface area contributed by atoms with Gasteiger partial charge in [-0.1, -0.05) is 35.9 Å². The zero-order valence-corrected chi connectivity index (χ0v) is 16.0. The van der Waals surface area contributed by atoms with Crippen LogP contribution in [0.2, 0.25) is 5.02 Å². The lowest BCUT2D eigenvalue weighted by Gasteiger charge is -2.14. The third-order valence-corrected chi connectivity index (χ3v) is 4.99. The molecule has 0 aliphatic carbocycles. The molecule has 4 rings (SSSR count). The summed E-state index contributed by atoms with van der Waals surface area (Å²) < 4.78 is 20.1. The SMILES string of the molecule is Cc1ccc(-c2cccc3c2OC(CNC(=O)c2cccc(Cl)c2F)C3)nc1. The van der Waals surface area contributed by atoms with Gasteiger partial charge in [0, 0.05) is 18.2 Å². The molecular formula is C22H18ClFN2O2. The summed E-state index contributed by atoms with van der Waals surface area (Å²) in [6.45, 7) is 2.25. The average molecular weight is 397 g/mol. The summed E-state index contributed by atoms with van der Waals surface area (Å²) in [5, 5.41) is 2.66. The fourth-order valence-electron chi connectivity index (χ4n) is 3.26. The van der Waals surface area contributed by atoms with E-state index in [1.54, 1.807) is 6.07 Å². The molecule has 2 heterocycles. The number of halogens is 2. The first kappa shape index (κ1) is 18.4. The summed E-state index contributed by atoms with van der Waals surface area (Å²) in [7, 11) is 0. The maximum atomic E-state index is 14.0. The van der Waals surface area contributed by atoms with Crippen LogP contribution in [0.4, 0.5) is 4.39 Å². The van der Waals surface area contributed by atoms with Crippen molar-refractivity contribution in [1.82, 2.24) is 10.3 Å². The van der Waals surface area contributed by atoms with Gasteiger partial charge >= 0.3 is 0 Å². The molecule has 6 heteroatoms. The van der Waals surface area contributed by atoms with E-state index in [1.165, 1.54) is 12.1 Å². The Bertz CT molecular complexity index is 1040. The second kappa shape index (κ2) is 7.60. The maximum absolute atomic E-state index is 14.0. The van der Waals surface area contributed by atoms with Gasteiger partial charge in [-0.2, -0.15) is 0 Å². The lowest BCUT2D eigenvalue weighted by atomic mass is 10.0. The zero-order chi connectivity index (χ0) is 19.7. The molecule has 1 aliphatic heterocycles. The molecule has 0 spiro atoms. The summed E-state index contributed by atoms with van der Waals surface area (Å²) in [5.74, 6) is -0.447. The minimum atomic E-state index is -0.718. The largest absolute Gasteiger partial charge is 0.487 e. The highest BCUT2D eigenvalue weighted by Gasteiger charge is 2.27. The van der Waals surface area contributed by atoms with Gasteiger partial charge < -0.3 is 10.1 Å². The van der Waals surface area contributed by atoms with Crippen LogP contribution in [-0.2, 0) is 6.42 Å². The highest BCUT2D eigenvalue weighted by atomic mass is 35.5. The number of para-hydroxylation sites is 1. The zero-order valence-electron chi connectivity index (χ0n) is 15.2. The van der Waals surface area contributed by atoms with Crippen LogP contribution < -0.4 is 10.1 Å². The molecular weight excluding hydrogens is 379 g/mol. The molecule has 142 valence electrons. The number of carbonyl (C=O) groups excluding carboxylic acids is 1. The predicted octanol–water partition coefficient (Wildman–Crippen LogP) is 4.58. The van der Waals surface area contributed by atoms with Gasteiger partial charge in [0.25, 0.3) is 5.91 Å². The van der Waals surface area contributed by atoms with Crippen molar-refractivity contribution in [3.05, 3.63) is 82.3 Å². The number of amides is 1. The number of pyridine rings is 1. The molecule has 1 aliphatic rings. The number of nitrogens with one attached hydrogen (secondary N) is 1. The molecule has 1 amide bonds. The van der Waals surface area contributed by atoms with Gasteiger partial charge in [0.2, 0.25) is 0 Å². The third-order valence-electron chi connectivity index (χ3n) is 4.70. The molecule has 1 N–H and O–H groups in total. The van der Waals surface area contributed by atoms with Crippen molar-refractivity contribution in [1.29, 1.82) is 0 Å². The number of ether oxygens (including phenoxy) is 1. The molecule has 4 nitrogen and oxygen atoms in total. The van der Waals surface area contributed by atoms with Gasteiger partial charge in [0.15, 0.2) is 5.82 Å². The van der Waals surface area contributed by atoms with E-state index in [2.05, 4.69) is 10.3 Å². The number of rotatable bonds is 4. The van der Waals surface area contributed by atoms with E-state index in [4.69, 9.17) is 16.3 Å². The van der Waals surface area contributed by atoms with Gasteiger partial charge in [-0.25, -0.2) is 4.39 Å². The van der Waals surface area contributed by atoms with Crippen LogP contribution in [0.25, 0.3) is 11.3 Å². The van der Waals surface area contributed by atoms with Gasteiger partial charge in [0.05, 0.1) is 22.8 Å². The Morgan fingerprint density at radius 1 is 1.25 bits per heavy atom. The smallest absolute Gasteiger partial charge is 0.254 e. The number of nitrogens with zero attached hydrogens (tertiary/aromatic N) is 1. The Morgan fingerprint density at radius 3 is 2.86 bits per heavy atom. The number of aromatic nitrogens is 1. The van der Waals surface area contributed by atoms with Crippen molar-refractivity contribution < 1.29 is 13.9 Å². The minimum Gasteiger partial charge on any atom is -0.487 e. The van der Waals surface area contributed by atoms with Crippen LogP contribution in [0, 0.1) is 12.7 Å². The second-order valence-corrected chi connectivity index (χ2v) is 7.18. The Kier molecular flexibility index (Phi) is 5.01. The summed E-state index contributed by atoms with van der Waals surface area (Å²) in [6.07, 6.45) is 2.25. The maximum Gasteiger partial charge on any atom is 0.254 e. The van der Waals surface area contributed by atoms with Gasteiger partial charge in [0.1, 0.15) is 11.9 Å². The molecule has 3 aromatic rings. The van der Waals surface area contributed by atoms with E-state index in [0.29, 0.717) is 6.42 Å². The summed E-state index contributed by atoms with van der Waals surface area (Å²) in [6, 6.07) is 14.3. The third kappa shape index (κ3) is 3.58. The Labute approximate surface area is 167 Å². The van der Waals surface area contributed by atoms with Crippen LogP contribution >= 0.6 is 11.6 Å². The molecule has 1 aromatic heterocycles. The molecule has 0 bridgehead atoms. The number of hydrogen-bond donors (Lipinski definition) is 1. The fraction of sp³-hybridized carbons (Fsp3) is 0.182. The minimum absolute atomic E-state index is 0.0763. The van der Waals surface area contributed by atoms with Crippen molar-refractivity contribution in [3.63, 3.8) is 0 Å². The molecule has 0 fully saturated rings. The van der Waals surface area contributed by atoms with Crippen LogP contribution in [0.1, 0.15) is 21.5 Å². The molecule has 1 atom stereocenters. The van der Waals surface area contributed by atoms with E-state index >= 15 is 0 Å². The number of hydrogen-bond acceptors (Lipinski definition) is 3. The molecule has 0 radical (unpaired) electrons. The first-order valence-electron chi connectivity index (χ1n) is 8.96. The first-order chi connectivity index (χ1) is 13.5. The Hall–Kier alpha value is -2.92. The van der Waals surface area contributed by atoms with Crippen molar-refractivity contribution in [3.8, 4) is 17.0 Å². The number of benzene rings is 2. The summed E-state index contributed by atoms with van der Waals surface area (Å²) in [5.41, 5.74) is 3.84. The van der Waals surface area contributed by atoms with Gasteiger partial charge in [-0.15, -0.1) is 0 Å². The average Bonchev–Trinajstić information content (AvgIpc) is 3.12. The quantitative estimate of drug-likeness (QED) is 0.702. The van der Waals surface area contributed by atoms with Gasteiger partial charge in [-0.05, 0) is 42.3 Å².